The summed E-state index contributed by atoms with van der Waals surface area (Å²) in [6, 6.07) is 13.4. The summed E-state index contributed by atoms with van der Waals surface area (Å²) in [5, 5.41) is 2.86. The Bertz CT molecular complexity index is 826. The molecule has 2 rings (SSSR count). The van der Waals surface area contributed by atoms with Crippen LogP contribution >= 0.6 is 0 Å². The summed E-state index contributed by atoms with van der Waals surface area (Å²) in [6.07, 6.45) is -0.289. The Hall–Kier alpha value is -2.82. The highest BCUT2D eigenvalue weighted by atomic mass is 16.5. The van der Waals surface area contributed by atoms with E-state index in [9.17, 15) is 9.59 Å². The van der Waals surface area contributed by atoms with Gasteiger partial charge in [-0.3, -0.25) is 9.59 Å². The third kappa shape index (κ3) is 5.84. The maximum Gasteiger partial charge on any atom is 0.265 e. The van der Waals surface area contributed by atoms with Crippen LogP contribution in [0.1, 0.15) is 43.4 Å². The molecule has 1 atom stereocenters. The molecule has 0 aliphatic carbocycles. The Labute approximate surface area is 167 Å². The van der Waals surface area contributed by atoms with Gasteiger partial charge < -0.3 is 15.0 Å². The second-order valence-electron chi connectivity index (χ2n) is 7.59. The maximum absolute atomic E-state index is 12.5. The fourth-order valence-electron chi connectivity index (χ4n) is 2.63. The Balaban J connectivity index is 1.99. The summed E-state index contributed by atoms with van der Waals surface area (Å²) >= 11 is 0. The highest BCUT2D eigenvalue weighted by Crippen LogP contribution is 2.25. The Morgan fingerprint density at radius 1 is 1.04 bits per heavy atom. The number of hydrogen-bond donors (Lipinski definition) is 1. The number of ether oxygens (including phenoxy) is 1. The summed E-state index contributed by atoms with van der Waals surface area (Å²) in [5.74, 6) is 0.945. The molecule has 0 bridgehead atoms. The lowest BCUT2D eigenvalue weighted by Gasteiger charge is -2.18. The summed E-state index contributed by atoms with van der Waals surface area (Å²) < 4.78 is 5.91. The van der Waals surface area contributed by atoms with E-state index in [1.165, 1.54) is 5.56 Å². The molecule has 2 amide bonds. The van der Waals surface area contributed by atoms with Crippen LogP contribution in [0.25, 0.3) is 0 Å². The second kappa shape index (κ2) is 9.40. The summed E-state index contributed by atoms with van der Waals surface area (Å²) in [5.41, 5.74) is 3.76. The van der Waals surface area contributed by atoms with E-state index in [0.717, 1.165) is 16.9 Å². The van der Waals surface area contributed by atoms with Crippen LogP contribution < -0.4 is 10.1 Å². The minimum absolute atomic E-state index is 0.0396. The molecule has 28 heavy (non-hydrogen) atoms. The van der Waals surface area contributed by atoms with E-state index >= 15 is 0 Å². The van der Waals surface area contributed by atoms with Crippen LogP contribution in [0, 0.1) is 6.92 Å². The maximum atomic E-state index is 12.5. The predicted octanol–water partition coefficient (Wildman–Crippen LogP) is 4.16. The number of anilines is 1. The van der Waals surface area contributed by atoms with Crippen LogP contribution in [-0.4, -0.2) is 36.9 Å². The zero-order valence-corrected chi connectivity index (χ0v) is 17.6. The van der Waals surface area contributed by atoms with E-state index in [1.54, 1.807) is 38.1 Å². The van der Waals surface area contributed by atoms with E-state index in [4.69, 9.17) is 4.74 Å². The van der Waals surface area contributed by atoms with Crippen molar-refractivity contribution >= 4 is 17.5 Å². The standard InChI is InChI=1S/C23H30N2O3/c1-15(2)19-10-7-16(3)21(14-19)28-17(4)23(27)24-20-11-8-18(9-12-20)13-22(26)25(5)6/h7-12,14-15,17H,13H2,1-6H3,(H,24,27). The van der Waals surface area contributed by atoms with Gasteiger partial charge in [0.25, 0.3) is 5.91 Å². The third-order valence-electron chi connectivity index (χ3n) is 4.63. The Morgan fingerprint density at radius 3 is 2.25 bits per heavy atom. The molecule has 1 N–H and O–H groups in total. The number of carbonyl (C=O) groups excluding carboxylic acids is 2. The molecule has 1 unspecified atom stereocenters. The molecule has 5 heteroatoms. The number of amides is 2. The van der Waals surface area contributed by atoms with Crippen LogP contribution in [-0.2, 0) is 16.0 Å². The van der Waals surface area contributed by atoms with Crippen molar-refractivity contribution in [1.29, 1.82) is 0 Å². The van der Waals surface area contributed by atoms with Crippen molar-refractivity contribution in [3.8, 4) is 5.75 Å². The van der Waals surface area contributed by atoms with E-state index in [2.05, 4.69) is 25.2 Å². The van der Waals surface area contributed by atoms with Crippen molar-refractivity contribution in [3.63, 3.8) is 0 Å². The Kier molecular flexibility index (Phi) is 7.21. The van der Waals surface area contributed by atoms with Gasteiger partial charge in [0.05, 0.1) is 6.42 Å². The Morgan fingerprint density at radius 2 is 1.68 bits per heavy atom. The number of aryl methyl sites for hydroxylation is 1. The van der Waals surface area contributed by atoms with Crippen LogP contribution in [0.5, 0.6) is 5.75 Å². The molecular weight excluding hydrogens is 352 g/mol. The molecule has 0 saturated carbocycles. The van der Waals surface area contributed by atoms with Crippen LogP contribution in [0.15, 0.2) is 42.5 Å². The number of likely N-dealkylation sites (N-methyl/N-ethyl adjacent to an activating group) is 1. The van der Waals surface area contributed by atoms with Gasteiger partial charge in [-0.15, -0.1) is 0 Å². The molecule has 0 radical (unpaired) electrons. The topological polar surface area (TPSA) is 58.6 Å². The molecule has 0 fully saturated rings. The van der Waals surface area contributed by atoms with E-state index in [0.29, 0.717) is 18.0 Å². The molecule has 5 nitrogen and oxygen atoms in total. The van der Waals surface area contributed by atoms with Gasteiger partial charge in [-0.1, -0.05) is 38.1 Å². The number of benzene rings is 2. The van der Waals surface area contributed by atoms with Gasteiger partial charge in [0.15, 0.2) is 6.10 Å². The highest BCUT2D eigenvalue weighted by Gasteiger charge is 2.17. The molecule has 2 aromatic rings. The van der Waals surface area contributed by atoms with E-state index in [1.807, 2.05) is 31.2 Å². The minimum atomic E-state index is -0.629. The van der Waals surface area contributed by atoms with Gasteiger partial charge in [0.2, 0.25) is 5.91 Å². The molecule has 150 valence electrons. The predicted molar refractivity (Wildman–Crippen MR) is 113 cm³/mol. The largest absolute Gasteiger partial charge is 0.481 e. The summed E-state index contributed by atoms with van der Waals surface area (Å²) in [7, 11) is 3.47. The third-order valence-corrected chi connectivity index (χ3v) is 4.63. The van der Waals surface area contributed by atoms with Crippen molar-refractivity contribution in [2.24, 2.45) is 0 Å². The van der Waals surface area contributed by atoms with E-state index < -0.39 is 6.10 Å². The fraction of sp³-hybridized carbons (Fsp3) is 0.391. The molecule has 0 aromatic heterocycles. The molecule has 2 aromatic carbocycles. The number of carbonyl (C=O) groups is 2. The van der Waals surface area contributed by atoms with Crippen molar-refractivity contribution < 1.29 is 14.3 Å². The molecular formula is C23H30N2O3. The zero-order valence-electron chi connectivity index (χ0n) is 17.6. The molecule has 0 aliphatic heterocycles. The molecule has 0 heterocycles. The minimum Gasteiger partial charge on any atom is -0.481 e. The average Bonchev–Trinajstić information content (AvgIpc) is 2.64. The number of hydrogen-bond acceptors (Lipinski definition) is 3. The molecule has 0 aliphatic rings. The fourth-order valence-corrected chi connectivity index (χ4v) is 2.63. The van der Waals surface area contributed by atoms with Gasteiger partial charge in [0.1, 0.15) is 5.75 Å². The van der Waals surface area contributed by atoms with Crippen molar-refractivity contribution in [1.82, 2.24) is 4.90 Å². The van der Waals surface area contributed by atoms with E-state index in [-0.39, 0.29) is 11.8 Å². The molecule has 0 spiro atoms. The monoisotopic (exact) mass is 382 g/mol. The van der Waals surface area contributed by atoms with Gasteiger partial charge in [-0.2, -0.15) is 0 Å². The SMILES string of the molecule is Cc1ccc(C(C)C)cc1OC(C)C(=O)Nc1ccc(CC(=O)N(C)C)cc1. The lowest BCUT2D eigenvalue weighted by molar-refractivity contribution is -0.128. The number of nitrogens with zero attached hydrogens (tertiary/aromatic N) is 1. The average molecular weight is 383 g/mol. The first-order valence-corrected chi connectivity index (χ1v) is 9.54. The zero-order chi connectivity index (χ0) is 20.8. The van der Waals surface area contributed by atoms with Gasteiger partial charge in [-0.05, 0) is 54.7 Å². The van der Waals surface area contributed by atoms with Gasteiger partial charge in [-0.25, -0.2) is 0 Å². The van der Waals surface area contributed by atoms with Crippen molar-refractivity contribution in [3.05, 3.63) is 59.2 Å². The lowest BCUT2D eigenvalue weighted by Crippen LogP contribution is -2.30. The first-order chi connectivity index (χ1) is 13.2. The van der Waals surface area contributed by atoms with Gasteiger partial charge >= 0.3 is 0 Å². The van der Waals surface area contributed by atoms with Crippen LogP contribution in [0.4, 0.5) is 5.69 Å². The quantitative estimate of drug-likeness (QED) is 0.782. The highest BCUT2D eigenvalue weighted by molar-refractivity contribution is 5.94. The first kappa shape index (κ1) is 21.5. The first-order valence-electron chi connectivity index (χ1n) is 9.54. The van der Waals surface area contributed by atoms with Crippen LogP contribution in [0.3, 0.4) is 0 Å². The number of nitrogens with one attached hydrogen (secondary N) is 1. The summed E-state index contributed by atoms with van der Waals surface area (Å²) in [6.45, 7) is 7.96. The number of rotatable bonds is 7. The lowest BCUT2D eigenvalue weighted by atomic mass is 10.0. The molecule has 0 saturated heterocycles. The van der Waals surface area contributed by atoms with Crippen molar-refractivity contribution in [2.75, 3.05) is 19.4 Å². The van der Waals surface area contributed by atoms with Crippen LogP contribution in [0.2, 0.25) is 0 Å². The van der Waals surface area contributed by atoms with Gasteiger partial charge in [0, 0.05) is 19.8 Å². The summed E-state index contributed by atoms with van der Waals surface area (Å²) in [4.78, 5) is 25.8. The normalized spacial score (nSPS) is 11.8. The van der Waals surface area contributed by atoms with Crippen molar-refractivity contribution in [2.45, 2.75) is 46.1 Å². The smallest absolute Gasteiger partial charge is 0.265 e. The second-order valence-corrected chi connectivity index (χ2v) is 7.59.